The Kier molecular flexibility index (Phi) is 10.6. The highest BCUT2D eigenvalue weighted by Crippen LogP contribution is 2.11. The van der Waals surface area contributed by atoms with E-state index in [9.17, 15) is 0 Å². The van der Waals surface area contributed by atoms with Crippen molar-refractivity contribution in [3.05, 3.63) is 30.1 Å². The lowest BCUT2D eigenvalue weighted by Crippen LogP contribution is -2.42. The molecule has 0 bridgehead atoms. The molecule has 0 aliphatic carbocycles. The van der Waals surface area contributed by atoms with Crippen molar-refractivity contribution in [2.45, 2.75) is 6.04 Å². The van der Waals surface area contributed by atoms with Crippen LogP contribution < -0.4 is 10.6 Å². The van der Waals surface area contributed by atoms with Gasteiger partial charge in [0.2, 0.25) is 0 Å². The van der Waals surface area contributed by atoms with Crippen molar-refractivity contribution in [2.75, 3.05) is 19.6 Å². The summed E-state index contributed by atoms with van der Waals surface area (Å²) < 4.78 is 0. The number of nitrogens with zero attached hydrogens (tertiary/aromatic N) is 1. The van der Waals surface area contributed by atoms with Crippen LogP contribution in [0.1, 0.15) is 11.6 Å². The fourth-order valence-electron chi connectivity index (χ4n) is 1.48. The number of rotatable bonds is 1. The van der Waals surface area contributed by atoms with Crippen molar-refractivity contribution in [1.82, 2.24) is 15.6 Å². The monoisotopic (exact) mass is 271 g/mol. The lowest BCUT2D eigenvalue weighted by Gasteiger charge is -2.24. The van der Waals surface area contributed by atoms with Crippen LogP contribution in [0, 0.1) is 0 Å². The van der Waals surface area contributed by atoms with Gasteiger partial charge in [0, 0.05) is 38.1 Å². The van der Waals surface area contributed by atoms with E-state index in [4.69, 9.17) is 0 Å². The Labute approximate surface area is 109 Å². The van der Waals surface area contributed by atoms with Gasteiger partial charge in [-0.1, -0.05) is 0 Å². The van der Waals surface area contributed by atoms with Gasteiger partial charge in [-0.2, -0.15) is 0 Å². The topological polar surface area (TPSA) is 37.0 Å². The van der Waals surface area contributed by atoms with E-state index in [2.05, 4.69) is 27.8 Å². The normalized spacial score (nSPS) is 19.1. The number of halogens is 3. The molecule has 2 N–H and O–H groups in total. The van der Waals surface area contributed by atoms with E-state index in [1.165, 1.54) is 5.56 Å². The van der Waals surface area contributed by atoms with Crippen LogP contribution in [0.15, 0.2) is 24.5 Å². The van der Waals surface area contributed by atoms with E-state index in [0.717, 1.165) is 19.6 Å². The Morgan fingerprint density at radius 3 is 2.27 bits per heavy atom. The number of aromatic nitrogens is 1. The van der Waals surface area contributed by atoms with Gasteiger partial charge in [0.1, 0.15) is 0 Å². The molecule has 0 radical (unpaired) electrons. The van der Waals surface area contributed by atoms with Gasteiger partial charge in [-0.25, -0.2) is 0 Å². The fourth-order valence-corrected chi connectivity index (χ4v) is 1.48. The van der Waals surface area contributed by atoms with Crippen molar-refractivity contribution in [3.63, 3.8) is 0 Å². The van der Waals surface area contributed by atoms with Gasteiger partial charge >= 0.3 is 0 Å². The molecule has 0 saturated carbocycles. The molecule has 1 aliphatic heterocycles. The maximum Gasteiger partial charge on any atom is 0.0448 e. The second-order valence-corrected chi connectivity index (χ2v) is 2.99. The van der Waals surface area contributed by atoms with Gasteiger partial charge in [0.15, 0.2) is 0 Å². The van der Waals surface area contributed by atoms with E-state index >= 15 is 0 Å². The van der Waals surface area contributed by atoms with Crippen LogP contribution in [-0.2, 0) is 0 Å². The minimum Gasteiger partial charge on any atom is -0.314 e. The predicted molar refractivity (Wildman–Crippen MR) is 69.6 cm³/mol. The highest BCUT2D eigenvalue weighted by molar-refractivity contribution is 5.86. The van der Waals surface area contributed by atoms with Gasteiger partial charge in [0.05, 0.1) is 0 Å². The SMILES string of the molecule is Cl.Cl.Cl.c1cc(C2CNCCN2)ccn1. The summed E-state index contributed by atoms with van der Waals surface area (Å²) in [4.78, 5) is 3.99. The van der Waals surface area contributed by atoms with E-state index in [1.807, 2.05) is 12.4 Å². The number of hydrogen-bond acceptors (Lipinski definition) is 3. The van der Waals surface area contributed by atoms with Crippen LogP contribution in [0.3, 0.4) is 0 Å². The largest absolute Gasteiger partial charge is 0.314 e. The maximum atomic E-state index is 3.99. The summed E-state index contributed by atoms with van der Waals surface area (Å²) in [5.74, 6) is 0. The molecule has 0 amide bonds. The molecule has 6 heteroatoms. The summed E-state index contributed by atoms with van der Waals surface area (Å²) in [6, 6.07) is 4.58. The first-order valence-electron chi connectivity index (χ1n) is 4.31. The van der Waals surface area contributed by atoms with Crippen LogP contribution >= 0.6 is 37.2 Å². The van der Waals surface area contributed by atoms with Crippen molar-refractivity contribution in [1.29, 1.82) is 0 Å². The zero-order chi connectivity index (χ0) is 8.23. The average molecular weight is 273 g/mol. The summed E-state index contributed by atoms with van der Waals surface area (Å²) in [6.07, 6.45) is 3.68. The Balaban J connectivity index is 0. The first-order valence-corrected chi connectivity index (χ1v) is 4.31. The average Bonchev–Trinajstić information content (AvgIpc) is 2.21. The minimum atomic E-state index is 0. The minimum absolute atomic E-state index is 0. The third-order valence-electron chi connectivity index (χ3n) is 2.15. The summed E-state index contributed by atoms with van der Waals surface area (Å²) in [6.45, 7) is 3.14. The number of nitrogens with one attached hydrogen (secondary N) is 2. The number of piperazine rings is 1. The molecule has 2 heterocycles. The Bertz CT molecular complexity index is 240. The first-order chi connectivity index (χ1) is 5.97. The molecule has 1 saturated heterocycles. The van der Waals surface area contributed by atoms with Crippen LogP contribution in [-0.4, -0.2) is 24.6 Å². The molecule has 1 unspecified atom stereocenters. The molecule has 1 aromatic rings. The first kappa shape index (κ1) is 17.3. The van der Waals surface area contributed by atoms with Crippen molar-refractivity contribution in [2.24, 2.45) is 0 Å². The molecule has 1 aliphatic rings. The molecule has 15 heavy (non-hydrogen) atoms. The zero-order valence-electron chi connectivity index (χ0n) is 8.18. The summed E-state index contributed by atoms with van der Waals surface area (Å²) >= 11 is 0. The maximum absolute atomic E-state index is 3.99. The van der Waals surface area contributed by atoms with Crippen LogP contribution in [0.25, 0.3) is 0 Å². The van der Waals surface area contributed by atoms with E-state index in [0.29, 0.717) is 6.04 Å². The molecule has 0 aromatic carbocycles. The van der Waals surface area contributed by atoms with Crippen molar-refractivity contribution >= 4 is 37.2 Å². The molecule has 0 spiro atoms. The van der Waals surface area contributed by atoms with Crippen molar-refractivity contribution in [3.8, 4) is 0 Å². The molecular weight excluding hydrogens is 256 g/mol. The third-order valence-corrected chi connectivity index (χ3v) is 2.15. The fraction of sp³-hybridized carbons (Fsp3) is 0.444. The van der Waals surface area contributed by atoms with Crippen LogP contribution in [0.4, 0.5) is 0 Å². The van der Waals surface area contributed by atoms with Gasteiger partial charge < -0.3 is 10.6 Å². The zero-order valence-corrected chi connectivity index (χ0v) is 10.6. The quantitative estimate of drug-likeness (QED) is 0.815. The van der Waals surface area contributed by atoms with E-state index < -0.39 is 0 Å². The van der Waals surface area contributed by atoms with Gasteiger partial charge in [-0.3, -0.25) is 4.98 Å². The second kappa shape index (κ2) is 9.19. The molecule has 2 rings (SSSR count). The summed E-state index contributed by atoms with van der Waals surface area (Å²) in [5.41, 5.74) is 1.32. The van der Waals surface area contributed by atoms with E-state index in [1.54, 1.807) is 0 Å². The summed E-state index contributed by atoms with van der Waals surface area (Å²) in [5, 5.41) is 6.80. The molecule has 1 aromatic heterocycles. The standard InChI is InChI=1S/C9H13N3.3ClH/c1-3-10-4-2-8(1)9-7-11-5-6-12-9;;;/h1-4,9,11-12H,5-7H2;3*1H. The molecule has 3 nitrogen and oxygen atoms in total. The van der Waals surface area contributed by atoms with Crippen LogP contribution in [0.5, 0.6) is 0 Å². The van der Waals surface area contributed by atoms with Gasteiger partial charge in [-0.05, 0) is 17.7 Å². The predicted octanol–water partition coefficient (Wildman–Crippen LogP) is 1.58. The number of pyridine rings is 1. The lowest BCUT2D eigenvalue weighted by atomic mass is 10.1. The van der Waals surface area contributed by atoms with Crippen molar-refractivity contribution < 1.29 is 0 Å². The highest BCUT2D eigenvalue weighted by Gasteiger charge is 2.12. The van der Waals surface area contributed by atoms with E-state index in [-0.39, 0.29) is 37.2 Å². The Morgan fingerprint density at radius 2 is 1.73 bits per heavy atom. The highest BCUT2D eigenvalue weighted by atomic mass is 35.5. The number of hydrogen-bond donors (Lipinski definition) is 2. The lowest BCUT2D eigenvalue weighted by molar-refractivity contribution is 0.430. The third kappa shape index (κ3) is 5.00. The van der Waals surface area contributed by atoms with Gasteiger partial charge in [0.25, 0.3) is 0 Å². The van der Waals surface area contributed by atoms with Gasteiger partial charge in [-0.15, -0.1) is 37.2 Å². The second-order valence-electron chi connectivity index (χ2n) is 2.99. The molecular formula is C9H16Cl3N3. The Hall–Kier alpha value is -0.0600. The molecule has 1 fully saturated rings. The summed E-state index contributed by atoms with van der Waals surface area (Å²) in [7, 11) is 0. The molecule has 88 valence electrons. The smallest absolute Gasteiger partial charge is 0.0448 e. The molecule has 1 atom stereocenters. The van der Waals surface area contributed by atoms with Crippen LogP contribution in [0.2, 0.25) is 0 Å². The Morgan fingerprint density at radius 1 is 1.07 bits per heavy atom.